The smallest absolute Gasteiger partial charge is 0.191 e. The van der Waals surface area contributed by atoms with Crippen LogP contribution in [0.5, 0.6) is 0 Å². The van der Waals surface area contributed by atoms with Crippen LogP contribution in [0.1, 0.15) is 17.3 Å². The lowest BCUT2D eigenvalue weighted by molar-refractivity contribution is 0.103. The molecule has 80 valence electrons. The third-order valence-electron chi connectivity index (χ3n) is 2.25. The van der Waals surface area contributed by atoms with E-state index < -0.39 is 0 Å². The number of rotatable bonds is 3. The summed E-state index contributed by atoms with van der Waals surface area (Å²) in [5.74, 6) is -0.0674. The molecule has 0 aliphatic rings. The second kappa shape index (κ2) is 4.14. The number of carbonyl (C=O) groups excluding carboxylic acids is 1. The molecule has 1 heterocycles. The molecule has 2 aromatic rings. The molecular formula is C13H12N2O. The van der Waals surface area contributed by atoms with Crippen LogP contribution >= 0.6 is 0 Å². The van der Waals surface area contributed by atoms with Crippen molar-refractivity contribution < 1.29 is 4.79 Å². The Morgan fingerprint density at radius 2 is 2.00 bits per heavy atom. The number of benzene rings is 1. The SMILES string of the molecule is C=C(C)C(=O)c1cnn(-c2ccccc2)c1. The molecule has 0 fully saturated rings. The minimum atomic E-state index is -0.0674. The first-order valence-corrected chi connectivity index (χ1v) is 4.99. The minimum absolute atomic E-state index is 0.0674. The molecule has 0 bridgehead atoms. The van der Waals surface area contributed by atoms with Crippen LogP contribution in [-0.4, -0.2) is 15.6 Å². The first kappa shape index (κ1) is 10.4. The second-order valence-corrected chi connectivity index (χ2v) is 3.62. The Kier molecular flexibility index (Phi) is 2.68. The normalized spacial score (nSPS) is 10.1. The molecule has 3 heteroatoms. The molecule has 0 unspecified atom stereocenters. The monoisotopic (exact) mass is 212 g/mol. The van der Waals surface area contributed by atoms with Gasteiger partial charge in [-0.15, -0.1) is 0 Å². The number of Topliss-reactive ketones (excluding diaryl/α,β-unsaturated/α-hetero) is 1. The van der Waals surface area contributed by atoms with E-state index >= 15 is 0 Å². The largest absolute Gasteiger partial charge is 0.289 e. The van der Waals surface area contributed by atoms with Crippen LogP contribution in [0, 0.1) is 0 Å². The molecule has 0 atom stereocenters. The maximum absolute atomic E-state index is 11.6. The minimum Gasteiger partial charge on any atom is -0.289 e. The van der Waals surface area contributed by atoms with E-state index in [-0.39, 0.29) is 5.78 Å². The van der Waals surface area contributed by atoms with Crippen LogP contribution in [-0.2, 0) is 0 Å². The highest BCUT2D eigenvalue weighted by atomic mass is 16.1. The van der Waals surface area contributed by atoms with Crippen molar-refractivity contribution in [3.8, 4) is 5.69 Å². The Hall–Kier alpha value is -2.16. The van der Waals surface area contributed by atoms with Gasteiger partial charge in [-0.1, -0.05) is 24.8 Å². The lowest BCUT2D eigenvalue weighted by Gasteiger charge is -1.98. The van der Waals surface area contributed by atoms with E-state index in [2.05, 4.69) is 11.7 Å². The van der Waals surface area contributed by atoms with Gasteiger partial charge in [0.05, 0.1) is 17.4 Å². The number of carbonyl (C=O) groups is 1. The van der Waals surface area contributed by atoms with Crippen molar-refractivity contribution >= 4 is 5.78 Å². The van der Waals surface area contributed by atoms with Crippen molar-refractivity contribution in [1.29, 1.82) is 0 Å². The van der Waals surface area contributed by atoms with E-state index in [4.69, 9.17) is 0 Å². The first-order valence-electron chi connectivity index (χ1n) is 4.99. The molecular weight excluding hydrogens is 200 g/mol. The van der Waals surface area contributed by atoms with Gasteiger partial charge in [-0.3, -0.25) is 4.79 Å². The number of allylic oxidation sites excluding steroid dienone is 1. The van der Waals surface area contributed by atoms with Gasteiger partial charge in [-0.25, -0.2) is 4.68 Å². The molecule has 0 aliphatic heterocycles. The number of para-hydroxylation sites is 1. The summed E-state index contributed by atoms with van der Waals surface area (Å²) >= 11 is 0. The highest BCUT2D eigenvalue weighted by Crippen LogP contribution is 2.10. The molecule has 0 spiro atoms. The summed E-state index contributed by atoms with van der Waals surface area (Å²) in [5, 5.41) is 4.14. The van der Waals surface area contributed by atoms with Crippen molar-refractivity contribution in [1.82, 2.24) is 9.78 Å². The lowest BCUT2D eigenvalue weighted by Crippen LogP contribution is -1.98. The van der Waals surface area contributed by atoms with E-state index in [0.29, 0.717) is 11.1 Å². The van der Waals surface area contributed by atoms with Crippen LogP contribution in [0.4, 0.5) is 0 Å². The fourth-order valence-electron chi connectivity index (χ4n) is 1.41. The summed E-state index contributed by atoms with van der Waals surface area (Å²) in [5.41, 5.74) is 2.02. The van der Waals surface area contributed by atoms with Gasteiger partial charge < -0.3 is 0 Å². The van der Waals surface area contributed by atoms with Gasteiger partial charge in [0, 0.05) is 6.20 Å². The number of aromatic nitrogens is 2. The Bertz CT molecular complexity index is 526. The van der Waals surface area contributed by atoms with Gasteiger partial charge in [0.2, 0.25) is 0 Å². The number of hydrogen-bond acceptors (Lipinski definition) is 2. The Labute approximate surface area is 94.0 Å². The van der Waals surface area contributed by atoms with E-state index in [1.54, 1.807) is 24.0 Å². The van der Waals surface area contributed by atoms with Gasteiger partial charge >= 0.3 is 0 Å². The fourth-order valence-corrected chi connectivity index (χ4v) is 1.41. The molecule has 0 saturated heterocycles. The summed E-state index contributed by atoms with van der Waals surface area (Å²) in [6, 6.07) is 9.66. The highest BCUT2D eigenvalue weighted by Gasteiger charge is 2.09. The molecule has 0 N–H and O–H groups in total. The second-order valence-electron chi connectivity index (χ2n) is 3.62. The fraction of sp³-hybridized carbons (Fsp3) is 0.0769. The summed E-state index contributed by atoms with van der Waals surface area (Å²) in [7, 11) is 0. The third-order valence-corrected chi connectivity index (χ3v) is 2.25. The summed E-state index contributed by atoms with van der Waals surface area (Å²) in [6.07, 6.45) is 3.27. The van der Waals surface area contributed by atoms with Gasteiger partial charge in [-0.05, 0) is 24.6 Å². The third kappa shape index (κ3) is 1.93. The first-order chi connectivity index (χ1) is 7.68. The van der Waals surface area contributed by atoms with Gasteiger partial charge in [0.25, 0.3) is 0 Å². The quantitative estimate of drug-likeness (QED) is 0.579. The predicted octanol–water partition coefficient (Wildman–Crippen LogP) is 2.63. The maximum Gasteiger partial charge on any atom is 0.191 e. The van der Waals surface area contributed by atoms with E-state index in [1.807, 2.05) is 30.3 Å². The van der Waals surface area contributed by atoms with Crippen LogP contribution in [0.3, 0.4) is 0 Å². The van der Waals surface area contributed by atoms with Crippen molar-refractivity contribution in [2.24, 2.45) is 0 Å². The zero-order valence-corrected chi connectivity index (χ0v) is 9.05. The molecule has 2 rings (SSSR count). The Morgan fingerprint density at radius 1 is 1.31 bits per heavy atom. The molecule has 0 radical (unpaired) electrons. The molecule has 0 aliphatic carbocycles. The van der Waals surface area contributed by atoms with Crippen LogP contribution in [0.25, 0.3) is 5.69 Å². The van der Waals surface area contributed by atoms with E-state index in [0.717, 1.165) is 5.69 Å². The molecule has 1 aromatic heterocycles. The van der Waals surface area contributed by atoms with Crippen LogP contribution < -0.4 is 0 Å². The molecule has 16 heavy (non-hydrogen) atoms. The number of nitrogens with zero attached hydrogens (tertiary/aromatic N) is 2. The molecule has 0 amide bonds. The average molecular weight is 212 g/mol. The van der Waals surface area contributed by atoms with Crippen molar-refractivity contribution in [3.05, 3.63) is 60.4 Å². The summed E-state index contributed by atoms with van der Waals surface area (Å²) < 4.78 is 1.68. The highest BCUT2D eigenvalue weighted by molar-refractivity contribution is 6.07. The van der Waals surface area contributed by atoms with Gasteiger partial charge in [0.15, 0.2) is 5.78 Å². The van der Waals surface area contributed by atoms with Crippen LogP contribution in [0.15, 0.2) is 54.9 Å². The van der Waals surface area contributed by atoms with E-state index in [9.17, 15) is 4.79 Å². The zero-order valence-electron chi connectivity index (χ0n) is 9.05. The van der Waals surface area contributed by atoms with Crippen molar-refractivity contribution in [3.63, 3.8) is 0 Å². The average Bonchev–Trinajstić information content (AvgIpc) is 2.78. The lowest BCUT2D eigenvalue weighted by atomic mass is 10.1. The van der Waals surface area contributed by atoms with Crippen molar-refractivity contribution in [2.75, 3.05) is 0 Å². The predicted molar refractivity (Wildman–Crippen MR) is 62.7 cm³/mol. The number of hydrogen-bond donors (Lipinski definition) is 0. The summed E-state index contributed by atoms with van der Waals surface area (Å²) in [4.78, 5) is 11.6. The zero-order chi connectivity index (χ0) is 11.5. The molecule has 1 aromatic carbocycles. The van der Waals surface area contributed by atoms with E-state index in [1.165, 1.54) is 0 Å². The molecule has 3 nitrogen and oxygen atoms in total. The maximum atomic E-state index is 11.6. The Morgan fingerprint density at radius 3 is 2.62 bits per heavy atom. The van der Waals surface area contributed by atoms with Gasteiger partial charge in [0.1, 0.15) is 0 Å². The Balaban J connectivity index is 2.34. The van der Waals surface area contributed by atoms with Crippen LogP contribution in [0.2, 0.25) is 0 Å². The standard InChI is InChI=1S/C13H12N2O/c1-10(2)13(16)11-8-14-15(9-11)12-6-4-3-5-7-12/h3-9H,1H2,2H3. The van der Waals surface area contributed by atoms with Crippen molar-refractivity contribution in [2.45, 2.75) is 6.92 Å². The topological polar surface area (TPSA) is 34.9 Å². The van der Waals surface area contributed by atoms with Gasteiger partial charge in [-0.2, -0.15) is 5.10 Å². The molecule has 0 saturated carbocycles. The number of ketones is 1. The summed E-state index contributed by atoms with van der Waals surface area (Å²) in [6.45, 7) is 5.32.